The number of benzene rings is 3. The maximum atomic E-state index is 13.1. The van der Waals surface area contributed by atoms with Crippen molar-refractivity contribution >= 4 is 23.3 Å². The standard InChI is InChI=1S/C24H22FN3O2/c25-18-12-14-19(15-13-18)26-24(30)28-16-6-11-22(28)23(29)27-21-10-5-4-9-20(21)17-7-2-1-3-8-17/h1-5,7-10,12-15,22H,6,11,16H2,(H,26,30)(H,27,29)/t22-/m0/s1. The second-order valence-corrected chi connectivity index (χ2v) is 7.19. The molecule has 1 heterocycles. The smallest absolute Gasteiger partial charge is 0.322 e. The largest absolute Gasteiger partial charge is 0.324 e. The van der Waals surface area contributed by atoms with Crippen LogP contribution in [0, 0.1) is 5.82 Å². The first-order chi connectivity index (χ1) is 14.6. The van der Waals surface area contributed by atoms with E-state index in [4.69, 9.17) is 0 Å². The van der Waals surface area contributed by atoms with Gasteiger partial charge in [0.05, 0.1) is 0 Å². The van der Waals surface area contributed by atoms with Gasteiger partial charge in [0, 0.05) is 23.5 Å². The van der Waals surface area contributed by atoms with E-state index in [0.29, 0.717) is 24.3 Å². The van der Waals surface area contributed by atoms with Crippen LogP contribution in [0.25, 0.3) is 11.1 Å². The first kappa shape index (κ1) is 19.6. The van der Waals surface area contributed by atoms with Gasteiger partial charge in [0.1, 0.15) is 11.9 Å². The van der Waals surface area contributed by atoms with E-state index in [-0.39, 0.29) is 17.8 Å². The molecule has 30 heavy (non-hydrogen) atoms. The normalized spacial score (nSPS) is 15.6. The van der Waals surface area contributed by atoms with E-state index in [2.05, 4.69) is 10.6 Å². The molecule has 0 bridgehead atoms. The molecule has 5 nitrogen and oxygen atoms in total. The lowest BCUT2D eigenvalue weighted by atomic mass is 10.0. The number of nitrogens with one attached hydrogen (secondary N) is 2. The molecule has 4 rings (SSSR count). The minimum atomic E-state index is -0.561. The highest BCUT2D eigenvalue weighted by molar-refractivity contribution is 6.01. The molecule has 1 fully saturated rings. The number of carbonyl (C=O) groups is 2. The van der Waals surface area contributed by atoms with Gasteiger partial charge in [-0.25, -0.2) is 9.18 Å². The molecule has 0 saturated carbocycles. The van der Waals surface area contributed by atoms with Gasteiger partial charge in [0.2, 0.25) is 5.91 Å². The summed E-state index contributed by atoms with van der Waals surface area (Å²) < 4.78 is 13.1. The number of carbonyl (C=O) groups excluding carboxylic acids is 2. The molecule has 3 amide bonds. The summed E-state index contributed by atoms with van der Waals surface area (Å²) in [6.07, 6.45) is 1.34. The molecule has 2 N–H and O–H groups in total. The summed E-state index contributed by atoms with van der Waals surface area (Å²) in [5.41, 5.74) is 3.12. The second-order valence-electron chi connectivity index (χ2n) is 7.19. The van der Waals surface area contributed by atoms with Crippen molar-refractivity contribution in [2.24, 2.45) is 0 Å². The topological polar surface area (TPSA) is 61.4 Å². The van der Waals surface area contributed by atoms with Crippen LogP contribution in [-0.2, 0) is 4.79 Å². The second kappa shape index (κ2) is 8.78. The number of hydrogen-bond donors (Lipinski definition) is 2. The molecular weight excluding hydrogens is 381 g/mol. The van der Waals surface area contributed by atoms with E-state index in [1.54, 1.807) is 0 Å². The summed E-state index contributed by atoms with van der Waals surface area (Å²) in [5.74, 6) is -0.589. The van der Waals surface area contributed by atoms with E-state index in [9.17, 15) is 14.0 Å². The molecule has 6 heteroatoms. The Morgan fingerprint density at radius 1 is 0.867 bits per heavy atom. The first-order valence-electron chi connectivity index (χ1n) is 9.90. The number of anilines is 2. The fourth-order valence-corrected chi connectivity index (χ4v) is 3.69. The molecule has 0 spiro atoms. The molecule has 3 aromatic rings. The van der Waals surface area contributed by atoms with Crippen LogP contribution in [0.1, 0.15) is 12.8 Å². The molecule has 1 aliphatic heterocycles. The third kappa shape index (κ3) is 4.33. The predicted octanol–water partition coefficient (Wildman–Crippen LogP) is 5.13. The molecule has 0 aliphatic carbocycles. The van der Waals surface area contributed by atoms with Crippen molar-refractivity contribution in [1.29, 1.82) is 0 Å². The van der Waals surface area contributed by atoms with Crippen molar-refractivity contribution in [3.63, 3.8) is 0 Å². The number of halogens is 1. The Morgan fingerprint density at radius 3 is 2.33 bits per heavy atom. The molecule has 1 atom stereocenters. The van der Waals surface area contributed by atoms with Gasteiger partial charge in [0.25, 0.3) is 0 Å². The highest BCUT2D eigenvalue weighted by Gasteiger charge is 2.34. The number of likely N-dealkylation sites (tertiary alicyclic amines) is 1. The van der Waals surface area contributed by atoms with Gasteiger partial charge in [-0.1, -0.05) is 48.5 Å². The van der Waals surface area contributed by atoms with Crippen LogP contribution in [0.15, 0.2) is 78.9 Å². The van der Waals surface area contributed by atoms with Gasteiger partial charge in [-0.2, -0.15) is 0 Å². The number of urea groups is 1. The Morgan fingerprint density at radius 2 is 1.57 bits per heavy atom. The third-order valence-electron chi connectivity index (χ3n) is 5.18. The van der Waals surface area contributed by atoms with Crippen LogP contribution in [-0.4, -0.2) is 29.4 Å². The van der Waals surface area contributed by atoms with Gasteiger partial charge < -0.3 is 15.5 Å². The number of amides is 3. The maximum Gasteiger partial charge on any atom is 0.322 e. The van der Waals surface area contributed by atoms with Gasteiger partial charge in [0.15, 0.2) is 0 Å². The van der Waals surface area contributed by atoms with E-state index in [1.165, 1.54) is 29.2 Å². The fourth-order valence-electron chi connectivity index (χ4n) is 3.69. The van der Waals surface area contributed by atoms with Crippen LogP contribution < -0.4 is 10.6 Å². The lowest BCUT2D eigenvalue weighted by Crippen LogP contribution is -2.45. The van der Waals surface area contributed by atoms with Crippen molar-refractivity contribution in [2.45, 2.75) is 18.9 Å². The average molecular weight is 403 g/mol. The third-order valence-corrected chi connectivity index (χ3v) is 5.18. The Kier molecular flexibility index (Phi) is 5.75. The van der Waals surface area contributed by atoms with E-state index >= 15 is 0 Å². The molecule has 0 unspecified atom stereocenters. The van der Waals surface area contributed by atoms with Crippen LogP contribution >= 0.6 is 0 Å². The summed E-state index contributed by atoms with van der Waals surface area (Å²) in [6.45, 7) is 0.492. The molecule has 0 aromatic heterocycles. The molecule has 152 valence electrons. The summed E-state index contributed by atoms with van der Waals surface area (Å²) in [6, 6.07) is 22.1. The number of rotatable bonds is 4. The van der Waals surface area contributed by atoms with E-state index < -0.39 is 6.04 Å². The number of nitrogens with zero attached hydrogens (tertiary/aromatic N) is 1. The van der Waals surface area contributed by atoms with Crippen molar-refractivity contribution < 1.29 is 14.0 Å². The Balaban J connectivity index is 1.48. The molecule has 1 saturated heterocycles. The first-order valence-corrected chi connectivity index (χ1v) is 9.90. The molecule has 1 aliphatic rings. The molecule has 3 aromatic carbocycles. The Hall–Kier alpha value is -3.67. The maximum absolute atomic E-state index is 13.1. The number of hydrogen-bond acceptors (Lipinski definition) is 2. The minimum absolute atomic E-state index is 0.217. The van der Waals surface area contributed by atoms with Gasteiger partial charge in [-0.3, -0.25) is 4.79 Å². The van der Waals surface area contributed by atoms with Gasteiger partial charge >= 0.3 is 6.03 Å². The summed E-state index contributed by atoms with van der Waals surface area (Å²) in [7, 11) is 0. The van der Waals surface area contributed by atoms with Crippen LogP contribution in [0.5, 0.6) is 0 Å². The van der Waals surface area contributed by atoms with Crippen molar-refractivity contribution in [1.82, 2.24) is 4.90 Å². The zero-order valence-electron chi connectivity index (χ0n) is 16.3. The van der Waals surface area contributed by atoms with Crippen LogP contribution in [0.3, 0.4) is 0 Å². The lowest BCUT2D eigenvalue weighted by molar-refractivity contribution is -0.119. The zero-order valence-corrected chi connectivity index (χ0v) is 16.3. The Bertz CT molecular complexity index is 1040. The SMILES string of the molecule is O=C(Nc1ccccc1-c1ccccc1)[C@@H]1CCCN1C(=O)Nc1ccc(F)cc1. The van der Waals surface area contributed by atoms with Gasteiger partial charge in [-0.05, 0) is 48.7 Å². The summed E-state index contributed by atoms with van der Waals surface area (Å²) >= 11 is 0. The molecular formula is C24H22FN3O2. The highest BCUT2D eigenvalue weighted by atomic mass is 19.1. The zero-order chi connectivity index (χ0) is 20.9. The van der Waals surface area contributed by atoms with Crippen molar-refractivity contribution in [2.75, 3.05) is 17.2 Å². The monoisotopic (exact) mass is 403 g/mol. The number of para-hydroxylation sites is 1. The fraction of sp³-hybridized carbons (Fsp3) is 0.167. The average Bonchev–Trinajstić information content (AvgIpc) is 3.27. The lowest BCUT2D eigenvalue weighted by Gasteiger charge is -2.24. The summed E-state index contributed by atoms with van der Waals surface area (Å²) in [5, 5.41) is 5.73. The summed E-state index contributed by atoms with van der Waals surface area (Å²) in [4.78, 5) is 27.3. The Labute approximate surface area is 174 Å². The van der Waals surface area contributed by atoms with Crippen LogP contribution in [0.4, 0.5) is 20.6 Å². The highest BCUT2D eigenvalue weighted by Crippen LogP contribution is 2.29. The van der Waals surface area contributed by atoms with E-state index in [0.717, 1.165) is 17.5 Å². The predicted molar refractivity (Wildman–Crippen MR) is 116 cm³/mol. The van der Waals surface area contributed by atoms with Gasteiger partial charge in [-0.15, -0.1) is 0 Å². The minimum Gasteiger partial charge on any atom is -0.324 e. The molecule has 0 radical (unpaired) electrons. The van der Waals surface area contributed by atoms with Crippen molar-refractivity contribution in [3.8, 4) is 11.1 Å². The quantitative estimate of drug-likeness (QED) is 0.635. The van der Waals surface area contributed by atoms with E-state index in [1.807, 2.05) is 54.6 Å². The van der Waals surface area contributed by atoms with Crippen LogP contribution in [0.2, 0.25) is 0 Å². The van der Waals surface area contributed by atoms with Crippen molar-refractivity contribution in [3.05, 3.63) is 84.7 Å².